The van der Waals surface area contributed by atoms with Crippen LogP contribution in [0.2, 0.25) is 0 Å². The van der Waals surface area contributed by atoms with E-state index < -0.39 is 0 Å². The van der Waals surface area contributed by atoms with Crippen molar-refractivity contribution in [1.82, 2.24) is 10.7 Å². The fraction of sp³-hybridized carbons (Fsp3) is 0.467. The third kappa shape index (κ3) is 4.49. The van der Waals surface area contributed by atoms with Gasteiger partial charge in [0.1, 0.15) is 5.75 Å². The zero-order chi connectivity index (χ0) is 15.1. The van der Waals surface area contributed by atoms with Crippen LogP contribution >= 0.6 is 12.2 Å². The van der Waals surface area contributed by atoms with Crippen molar-refractivity contribution >= 4 is 23.5 Å². The molecule has 4 nitrogen and oxygen atoms in total. The van der Waals surface area contributed by atoms with Crippen LogP contribution in [-0.2, 0) is 0 Å². The Hall–Kier alpha value is -1.62. The second kappa shape index (κ2) is 7.85. The first-order valence-electron chi connectivity index (χ1n) is 6.75. The van der Waals surface area contributed by atoms with Crippen molar-refractivity contribution in [1.29, 1.82) is 0 Å². The number of hydrazone groups is 1. The van der Waals surface area contributed by atoms with Crippen LogP contribution in [0, 0.1) is 6.92 Å². The van der Waals surface area contributed by atoms with Crippen LogP contribution in [0.15, 0.2) is 17.2 Å². The van der Waals surface area contributed by atoms with Crippen molar-refractivity contribution in [3.8, 4) is 5.75 Å². The Morgan fingerprint density at radius 2 is 2.15 bits per heavy atom. The highest BCUT2D eigenvalue weighted by Gasteiger charge is 2.10. The number of methoxy groups -OCH3 is 1. The molecule has 0 aliphatic rings. The monoisotopic (exact) mass is 293 g/mol. The topological polar surface area (TPSA) is 45.7 Å². The molecular weight excluding hydrogens is 270 g/mol. The van der Waals surface area contributed by atoms with Crippen molar-refractivity contribution < 1.29 is 4.74 Å². The second-order valence-electron chi connectivity index (χ2n) is 4.83. The molecule has 0 radical (unpaired) electrons. The van der Waals surface area contributed by atoms with Crippen LogP contribution < -0.4 is 15.5 Å². The largest absolute Gasteiger partial charge is 0.496 e. The molecular formula is C15H23N3OS. The van der Waals surface area contributed by atoms with Gasteiger partial charge < -0.3 is 10.1 Å². The summed E-state index contributed by atoms with van der Waals surface area (Å²) in [5, 5.41) is 7.67. The number of rotatable bonds is 5. The first-order valence-corrected chi connectivity index (χ1v) is 7.15. The summed E-state index contributed by atoms with van der Waals surface area (Å²) in [4.78, 5) is 0. The lowest BCUT2D eigenvalue weighted by atomic mass is 9.97. The smallest absolute Gasteiger partial charge is 0.186 e. The van der Waals surface area contributed by atoms with Crippen LogP contribution in [0.5, 0.6) is 5.75 Å². The van der Waals surface area contributed by atoms with Crippen LogP contribution in [-0.4, -0.2) is 25.0 Å². The molecule has 0 amide bonds. The van der Waals surface area contributed by atoms with Gasteiger partial charge in [0.05, 0.1) is 13.3 Å². The number of hydrogen-bond acceptors (Lipinski definition) is 3. The van der Waals surface area contributed by atoms with Crippen molar-refractivity contribution in [3.05, 3.63) is 28.8 Å². The van der Waals surface area contributed by atoms with E-state index in [0.29, 0.717) is 11.0 Å². The standard InChI is InChI=1S/C15H23N3OS/c1-6-16-15(20)18-17-9-12-8-13(10(2)3)14(19-5)7-11(12)4/h7-10H,6H2,1-5H3,(H2,16,18,20). The van der Waals surface area contributed by atoms with Crippen LogP contribution in [0.4, 0.5) is 0 Å². The van der Waals surface area contributed by atoms with Crippen molar-refractivity contribution in [3.63, 3.8) is 0 Å². The quantitative estimate of drug-likeness (QED) is 0.498. The van der Waals surface area contributed by atoms with E-state index in [1.165, 1.54) is 5.56 Å². The first-order chi connectivity index (χ1) is 9.49. The lowest BCUT2D eigenvalue weighted by molar-refractivity contribution is 0.407. The van der Waals surface area contributed by atoms with Gasteiger partial charge in [-0.3, -0.25) is 5.43 Å². The van der Waals surface area contributed by atoms with E-state index in [0.717, 1.165) is 23.4 Å². The van der Waals surface area contributed by atoms with Gasteiger partial charge in [-0.2, -0.15) is 5.10 Å². The molecule has 0 saturated heterocycles. The van der Waals surface area contributed by atoms with E-state index >= 15 is 0 Å². The number of benzene rings is 1. The Bertz CT molecular complexity index is 498. The third-order valence-electron chi connectivity index (χ3n) is 2.95. The predicted molar refractivity (Wildman–Crippen MR) is 88.8 cm³/mol. The minimum atomic E-state index is 0.397. The average Bonchev–Trinajstić information content (AvgIpc) is 2.40. The normalized spacial score (nSPS) is 10.9. The molecule has 0 aromatic heterocycles. The fourth-order valence-electron chi connectivity index (χ4n) is 1.84. The Morgan fingerprint density at radius 1 is 1.45 bits per heavy atom. The van der Waals surface area contributed by atoms with Gasteiger partial charge in [-0.15, -0.1) is 0 Å². The van der Waals surface area contributed by atoms with Gasteiger partial charge in [0, 0.05) is 6.54 Å². The van der Waals surface area contributed by atoms with Gasteiger partial charge in [0.25, 0.3) is 0 Å². The number of nitrogens with zero attached hydrogens (tertiary/aromatic N) is 1. The summed E-state index contributed by atoms with van der Waals surface area (Å²) in [7, 11) is 1.70. The highest BCUT2D eigenvalue weighted by molar-refractivity contribution is 7.80. The van der Waals surface area contributed by atoms with Gasteiger partial charge in [0.15, 0.2) is 5.11 Å². The summed E-state index contributed by atoms with van der Waals surface area (Å²) >= 11 is 5.05. The maximum atomic E-state index is 5.43. The predicted octanol–water partition coefficient (Wildman–Crippen LogP) is 2.94. The molecule has 5 heteroatoms. The highest BCUT2D eigenvalue weighted by atomic mass is 32.1. The van der Waals surface area contributed by atoms with Crippen LogP contribution in [0.25, 0.3) is 0 Å². The summed E-state index contributed by atoms with van der Waals surface area (Å²) in [6.45, 7) is 9.09. The Morgan fingerprint density at radius 3 is 2.70 bits per heavy atom. The zero-order valence-electron chi connectivity index (χ0n) is 12.8. The maximum absolute atomic E-state index is 5.43. The molecule has 0 bridgehead atoms. The molecule has 2 N–H and O–H groups in total. The lowest BCUT2D eigenvalue weighted by Crippen LogP contribution is -2.31. The first kappa shape index (κ1) is 16.4. The van der Waals surface area contributed by atoms with Gasteiger partial charge in [-0.25, -0.2) is 0 Å². The molecule has 1 aromatic rings. The van der Waals surface area contributed by atoms with Crippen LogP contribution in [0.1, 0.15) is 43.4 Å². The van der Waals surface area contributed by atoms with E-state index in [1.807, 2.05) is 19.9 Å². The van der Waals surface area contributed by atoms with E-state index in [1.54, 1.807) is 13.3 Å². The number of aryl methyl sites for hydroxylation is 1. The van der Waals surface area contributed by atoms with E-state index in [4.69, 9.17) is 17.0 Å². The SMILES string of the molecule is CCNC(=S)NN=Cc1cc(C(C)C)c(OC)cc1C. The lowest BCUT2D eigenvalue weighted by Gasteiger charge is -2.14. The number of ether oxygens (including phenoxy) is 1. The molecule has 0 aliphatic heterocycles. The third-order valence-corrected chi connectivity index (χ3v) is 3.18. The Balaban J connectivity index is 2.92. The van der Waals surface area contributed by atoms with Gasteiger partial charge >= 0.3 is 0 Å². The van der Waals surface area contributed by atoms with Gasteiger partial charge in [-0.05, 0) is 60.8 Å². The molecule has 0 spiro atoms. The molecule has 1 rings (SSSR count). The van der Waals surface area contributed by atoms with Gasteiger partial charge in [0.2, 0.25) is 0 Å². The molecule has 110 valence electrons. The van der Waals surface area contributed by atoms with Crippen molar-refractivity contribution in [2.45, 2.75) is 33.6 Å². The fourth-order valence-corrected chi connectivity index (χ4v) is 2.04. The molecule has 20 heavy (non-hydrogen) atoms. The highest BCUT2D eigenvalue weighted by Crippen LogP contribution is 2.28. The molecule has 0 aliphatic carbocycles. The van der Waals surface area contributed by atoms with E-state index in [-0.39, 0.29) is 0 Å². The summed E-state index contributed by atoms with van der Waals surface area (Å²) in [5.74, 6) is 1.32. The summed E-state index contributed by atoms with van der Waals surface area (Å²) < 4.78 is 5.43. The summed E-state index contributed by atoms with van der Waals surface area (Å²) in [5.41, 5.74) is 6.14. The number of hydrogen-bond donors (Lipinski definition) is 2. The molecule has 0 unspecified atom stereocenters. The zero-order valence-corrected chi connectivity index (χ0v) is 13.6. The molecule has 0 fully saturated rings. The number of thiocarbonyl (C=S) groups is 1. The Labute approximate surface area is 126 Å². The van der Waals surface area contributed by atoms with Crippen molar-refractivity contribution in [2.75, 3.05) is 13.7 Å². The average molecular weight is 293 g/mol. The second-order valence-corrected chi connectivity index (χ2v) is 5.24. The minimum absolute atomic E-state index is 0.397. The molecule has 0 saturated carbocycles. The van der Waals surface area contributed by atoms with Crippen LogP contribution in [0.3, 0.4) is 0 Å². The molecule has 0 atom stereocenters. The summed E-state index contributed by atoms with van der Waals surface area (Å²) in [6, 6.07) is 4.15. The van der Waals surface area contributed by atoms with E-state index in [2.05, 4.69) is 35.8 Å². The van der Waals surface area contributed by atoms with E-state index in [9.17, 15) is 0 Å². The van der Waals surface area contributed by atoms with Gasteiger partial charge in [-0.1, -0.05) is 13.8 Å². The molecule has 1 aromatic carbocycles. The van der Waals surface area contributed by atoms with Crippen molar-refractivity contribution in [2.24, 2.45) is 5.10 Å². The minimum Gasteiger partial charge on any atom is -0.496 e. The maximum Gasteiger partial charge on any atom is 0.186 e. The molecule has 0 heterocycles. The summed E-state index contributed by atoms with van der Waals surface area (Å²) in [6.07, 6.45) is 1.78. The Kier molecular flexibility index (Phi) is 6.45. The number of nitrogens with one attached hydrogen (secondary N) is 2.